The Kier molecular flexibility index (Phi) is 7.10. The minimum absolute atomic E-state index is 0.0195. The quantitative estimate of drug-likeness (QED) is 0.755. The van der Waals surface area contributed by atoms with E-state index in [0.717, 1.165) is 5.56 Å². The summed E-state index contributed by atoms with van der Waals surface area (Å²) >= 11 is 12.0. The normalized spacial score (nSPS) is 11.5. The summed E-state index contributed by atoms with van der Waals surface area (Å²) in [6, 6.07) is 13.6. The molecule has 5 nitrogen and oxygen atoms in total. The second-order valence-corrected chi connectivity index (χ2v) is 5.97. The van der Waals surface area contributed by atoms with Gasteiger partial charge in [0.1, 0.15) is 0 Å². The van der Waals surface area contributed by atoms with Crippen molar-refractivity contribution in [1.29, 1.82) is 0 Å². The number of hydrogen-bond acceptors (Lipinski definition) is 3. The first-order valence-corrected chi connectivity index (χ1v) is 8.49. The molecule has 0 spiro atoms. The summed E-state index contributed by atoms with van der Waals surface area (Å²) in [6.45, 7) is 1.96. The first kappa shape index (κ1) is 19.1. The van der Waals surface area contributed by atoms with Crippen molar-refractivity contribution in [2.75, 3.05) is 11.9 Å². The van der Waals surface area contributed by atoms with Crippen LogP contribution >= 0.6 is 23.2 Å². The van der Waals surface area contributed by atoms with Gasteiger partial charge in [0.2, 0.25) is 5.91 Å². The lowest BCUT2D eigenvalue weighted by Crippen LogP contribution is -2.32. The van der Waals surface area contributed by atoms with Gasteiger partial charge in [-0.15, -0.1) is 0 Å². The summed E-state index contributed by atoms with van der Waals surface area (Å²) in [5.74, 6) is -0.310. The Morgan fingerprint density at radius 2 is 1.80 bits per heavy atom. The van der Waals surface area contributed by atoms with Crippen LogP contribution in [-0.4, -0.2) is 18.6 Å². The Morgan fingerprint density at radius 1 is 1.08 bits per heavy atom. The fourth-order valence-corrected chi connectivity index (χ4v) is 2.59. The van der Waals surface area contributed by atoms with E-state index < -0.39 is 12.1 Å². The number of amides is 2. The van der Waals surface area contributed by atoms with Gasteiger partial charge in [0, 0.05) is 0 Å². The predicted molar refractivity (Wildman–Crippen MR) is 99.0 cm³/mol. The van der Waals surface area contributed by atoms with E-state index in [9.17, 15) is 9.59 Å². The van der Waals surface area contributed by atoms with Crippen LogP contribution in [0.4, 0.5) is 10.5 Å². The zero-order chi connectivity index (χ0) is 18.2. The maximum atomic E-state index is 12.4. The van der Waals surface area contributed by atoms with Crippen molar-refractivity contribution < 1.29 is 14.3 Å². The molecule has 2 aromatic rings. The lowest BCUT2D eigenvalue weighted by atomic mass is 10.0. The van der Waals surface area contributed by atoms with Gasteiger partial charge in [-0.1, -0.05) is 59.6 Å². The van der Waals surface area contributed by atoms with Crippen molar-refractivity contribution in [2.45, 2.75) is 19.4 Å². The molecule has 0 aliphatic carbocycles. The maximum Gasteiger partial charge on any atom is 0.407 e. The summed E-state index contributed by atoms with van der Waals surface area (Å²) in [7, 11) is 0. The Labute approximate surface area is 156 Å². The van der Waals surface area contributed by atoms with Crippen molar-refractivity contribution in [1.82, 2.24) is 5.32 Å². The zero-order valence-corrected chi connectivity index (χ0v) is 15.1. The number of benzene rings is 2. The molecule has 132 valence electrons. The first-order valence-electron chi connectivity index (χ1n) is 7.73. The van der Waals surface area contributed by atoms with Crippen LogP contribution in [0.1, 0.15) is 24.9 Å². The van der Waals surface area contributed by atoms with Gasteiger partial charge in [-0.05, 0) is 24.6 Å². The molecule has 2 rings (SSSR count). The van der Waals surface area contributed by atoms with E-state index in [0.29, 0.717) is 10.7 Å². The number of ether oxygens (including phenoxy) is 1. The SMILES string of the molecule is CCOC(=O)N[C@H](CC(=O)Nc1cccc(Cl)c1Cl)c1ccccc1. The third kappa shape index (κ3) is 5.66. The Hall–Kier alpha value is -2.24. The molecule has 2 aromatic carbocycles. The summed E-state index contributed by atoms with van der Waals surface area (Å²) in [6.07, 6.45) is -0.559. The van der Waals surface area contributed by atoms with Crippen LogP contribution in [0.2, 0.25) is 10.0 Å². The molecule has 7 heteroatoms. The lowest BCUT2D eigenvalue weighted by Gasteiger charge is -2.19. The van der Waals surface area contributed by atoms with Crippen LogP contribution < -0.4 is 10.6 Å². The minimum atomic E-state index is -0.579. The highest BCUT2D eigenvalue weighted by Gasteiger charge is 2.19. The molecule has 2 N–H and O–H groups in total. The highest BCUT2D eigenvalue weighted by atomic mass is 35.5. The van der Waals surface area contributed by atoms with Crippen LogP contribution in [0.25, 0.3) is 0 Å². The highest BCUT2D eigenvalue weighted by Crippen LogP contribution is 2.30. The molecule has 0 aliphatic heterocycles. The van der Waals surface area contributed by atoms with Crippen LogP contribution in [0.15, 0.2) is 48.5 Å². The smallest absolute Gasteiger partial charge is 0.407 e. The van der Waals surface area contributed by atoms with E-state index in [1.54, 1.807) is 25.1 Å². The van der Waals surface area contributed by atoms with E-state index in [1.807, 2.05) is 30.3 Å². The minimum Gasteiger partial charge on any atom is -0.450 e. The maximum absolute atomic E-state index is 12.4. The molecule has 0 radical (unpaired) electrons. The molecule has 25 heavy (non-hydrogen) atoms. The molecule has 0 fully saturated rings. The lowest BCUT2D eigenvalue weighted by molar-refractivity contribution is -0.116. The van der Waals surface area contributed by atoms with Gasteiger partial charge in [-0.3, -0.25) is 4.79 Å². The number of carbonyl (C=O) groups is 2. The number of rotatable bonds is 6. The van der Waals surface area contributed by atoms with E-state index in [1.165, 1.54) is 0 Å². The molecule has 0 unspecified atom stereocenters. The van der Waals surface area contributed by atoms with E-state index in [-0.39, 0.29) is 24.0 Å². The molecule has 0 bridgehead atoms. The van der Waals surface area contributed by atoms with Crippen molar-refractivity contribution in [2.24, 2.45) is 0 Å². The van der Waals surface area contributed by atoms with Crippen molar-refractivity contribution >= 4 is 40.9 Å². The standard InChI is InChI=1S/C18H18Cl2N2O3/c1-2-25-18(24)22-15(12-7-4-3-5-8-12)11-16(23)21-14-10-6-9-13(19)17(14)20/h3-10,15H,2,11H2,1H3,(H,21,23)(H,22,24)/t15-/m1/s1. The zero-order valence-electron chi connectivity index (χ0n) is 13.6. The second-order valence-electron chi connectivity index (χ2n) is 5.18. The number of alkyl carbamates (subject to hydrolysis) is 1. The van der Waals surface area contributed by atoms with Crippen molar-refractivity contribution in [3.05, 3.63) is 64.1 Å². The van der Waals surface area contributed by atoms with E-state index in [4.69, 9.17) is 27.9 Å². The first-order chi connectivity index (χ1) is 12.0. The van der Waals surface area contributed by atoms with E-state index >= 15 is 0 Å². The van der Waals surface area contributed by atoms with E-state index in [2.05, 4.69) is 10.6 Å². The Morgan fingerprint density at radius 3 is 2.48 bits per heavy atom. The number of hydrogen-bond donors (Lipinski definition) is 2. The van der Waals surface area contributed by atoms with Gasteiger partial charge in [-0.2, -0.15) is 0 Å². The molecular weight excluding hydrogens is 363 g/mol. The predicted octanol–water partition coefficient (Wildman–Crippen LogP) is 4.81. The topological polar surface area (TPSA) is 67.4 Å². The molecule has 2 amide bonds. The summed E-state index contributed by atoms with van der Waals surface area (Å²) in [5, 5.41) is 6.03. The van der Waals surface area contributed by atoms with Gasteiger partial charge < -0.3 is 15.4 Å². The van der Waals surface area contributed by atoms with Crippen LogP contribution in [0.5, 0.6) is 0 Å². The number of nitrogens with one attached hydrogen (secondary N) is 2. The van der Waals surface area contributed by atoms with Crippen molar-refractivity contribution in [3.8, 4) is 0 Å². The highest BCUT2D eigenvalue weighted by molar-refractivity contribution is 6.43. The summed E-state index contributed by atoms with van der Waals surface area (Å²) < 4.78 is 4.91. The average Bonchev–Trinajstić information content (AvgIpc) is 2.59. The average molecular weight is 381 g/mol. The third-order valence-electron chi connectivity index (χ3n) is 3.38. The largest absolute Gasteiger partial charge is 0.450 e. The number of halogens is 2. The third-order valence-corrected chi connectivity index (χ3v) is 4.20. The molecule has 0 aliphatic rings. The van der Waals surface area contributed by atoms with Gasteiger partial charge in [-0.25, -0.2) is 4.79 Å². The van der Waals surface area contributed by atoms with Gasteiger partial charge >= 0.3 is 6.09 Å². The van der Waals surface area contributed by atoms with Crippen LogP contribution in [0, 0.1) is 0 Å². The van der Waals surface area contributed by atoms with Crippen LogP contribution in [0.3, 0.4) is 0 Å². The fraction of sp³-hybridized carbons (Fsp3) is 0.222. The van der Waals surface area contributed by atoms with Gasteiger partial charge in [0.15, 0.2) is 0 Å². The van der Waals surface area contributed by atoms with Crippen molar-refractivity contribution in [3.63, 3.8) is 0 Å². The molecule has 1 atom stereocenters. The molecule has 0 aromatic heterocycles. The second kappa shape index (κ2) is 9.30. The summed E-state index contributed by atoms with van der Waals surface area (Å²) in [5.41, 5.74) is 1.21. The van der Waals surface area contributed by atoms with Crippen LogP contribution in [-0.2, 0) is 9.53 Å². The summed E-state index contributed by atoms with van der Waals surface area (Å²) in [4.78, 5) is 24.2. The fourth-order valence-electron chi connectivity index (χ4n) is 2.24. The van der Waals surface area contributed by atoms with Gasteiger partial charge in [0.25, 0.3) is 0 Å². The molecular formula is C18H18Cl2N2O3. The molecule has 0 heterocycles. The molecule has 0 saturated heterocycles. The monoisotopic (exact) mass is 380 g/mol. The molecule has 0 saturated carbocycles. The number of carbonyl (C=O) groups excluding carboxylic acids is 2. The Bertz CT molecular complexity index is 738. The van der Waals surface area contributed by atoms with Gasteiger partial charge in [0.05, 0.1) is 34.8 Å². The Balaban J connectivity index is 2.11. The number of anilines is 1.